The Morgan fingerprint density at radius 3 is 2.56 bits per heavy atom. The van der Waals surface area contributed by atoms with Crippen LogP contribution >= 0.6 is 0 Å². The number of benzene rings is 2. The maximum absolute atomic E-state index is 12.9. The molecule has 1 amide bonds. The van der Waals surface area contributed by atoms with E-state index in [1.54, 1.807) is 0 Å². The lowest BCUT2D eigenvalue weighted by molar-refractivity contribution is 0.0950. The number of amides is 1. The van der Waals surface area contributed by atoms with Crippen molar-refractivity contribution in [3.05, 3.63) is 71.4 Å². The summed E-state index contributed by atoms with van der Waals surface area (Å²) < 4.78 is 6.02. The fraction of sp³-hybridized carbons (Fsp3) is 0.182. The molecule has 3 N–H and O–H groups in total. The van der Waals surface area contributed by atoms with Gasteiger partial charge in [0.2, 0.25) is 11.6 Å². The van der Waals surface area contributed by atoms with Crippen LogP contribution in [0.25, 0.3) is 17.1 Å². The van der Waals surface area contributed by atoms with Crippen molar-refractivity contribution in [2.75, 3.05) is 5.73 Å². The molecule has 0 spiro atoms. The lowest BCUT2D eigenvalue weighted by Gasteiger charge is -2.07. The Morgan fingerprint density at radius 2 is 1.88 bits per heavy atom. The molecule has 4 rings (SSSR count). The van der Waals surface area contributed by atoms with Crippen molar-refractivity contribution >= 4 is 17.4 Å². The van der Waals surface area contributed by atoms with Gasteiger partial charge >= 0.3 is 0 Å². The number of nitrogens with two attached hydrogens (primary N) is 1. The summed E-state index contributed by atoms with van der Waals surface area (Å²) in [6, 6.07) is 17.7. The molecule has 0 saturated heterocycles. The minimum Gasteiger partial charge on any atom is -0.378 e. The monoisotopic (exact) mass is 430 g/mol. The molecule has 32 heavy (non-hydrogen) atoms. The molecule has 0 unspecified atom stereocenters. The Bertz CT molecular complexity index is 1240. The number of aryl methyl sites for hydroxylation is 2. The largest absolute Gasteiger partial charge is 0.378 e. The third-order valence-electron chi connectivity index (χ3n) is 4.87. The highest BCUT2D eigenvalue weighted by Crippen LogP contribution is 2.26. The number of nitrogens with one attached hydrogen (secondary N) is 1. The predicted molar refractivity (Wildman–Crippen MR) is 119 cm³/mol. The molecule has 10 nitrogen and oxygen atoms in total. The van der Waals surface area contributed by atoms with Crippen LogP contribution in [0.5, 0.6) is 0 Å². The number of hydrogen-bond donors (Lipinski definition) is 2. The maximum Gasteiger partial charge on any atom is 0.294 e. The van der Waals surface area contributed by atoms with Crippen molar-refractivity contribution in [1.82, 2.24) is 30.7 Å². The number of nitrogen functional groups attached to an aromatic ring is 1. The van der Waals surface area contributed by atoms with Gasteiger partial charge in [0.05, 0.1) is 0 Å². The van der Waals surface area contributed by atoms with Crippen LogP contribution in [-0.2, 0) is 6.42 Å². The Balaban J connectivity index is 1.58. The normalized spacial score (nSPS) is 11.5. The second kappa shape index (κ2) is 9.21. The number of aromatic nitrogens is 5. The molecule has 0 atom stereocenters. The van der Waals surface area contributed by atoms with Gasteiger partial charge in [-0.3, -0.25) is 4.79 Å². The summed E-state index contributed by atoms with van der Waals surface area (Å²) in [5.41, 5.74) is 12.7. The van der Waals surface area contributed by atoms with Gasteiger partial charge in [0.1, 0.15) is 5.69 Å². The number of anilines is 1. The molecule has 0 fully saturated rings. The van der Waals surface area contributed by atoms with Gasteiger partial charge in [0.25, 0.3) is 5.91 Å². The Hall–Kier alpha value is -4.34. The highest BCUT2D eigenvalue weighted by Gasteiger charge is 2.25. The van der Waals surface area contributed by atoms with Crippen LogP contribution in [0.15, 0.2) is 64.3 Å². The lowest BCUT2D eigenvalue weighted by atomic mass is 10.1. The summed E-state index contributed by atoms with van der Waals surface area (Å²) in [5, 5.41) is 19.7. The third-order valence-corrected chi connectivity index (χ3v) is 4.87. The quantitative estimate of drug-likeness (QED) is 0.340. The van der Waals surface area contributed by atoms with Crippen LogP contribution in [0.2, 0.25) is 0 Å². The first-order valence-electron chi connectivity index (χ1n) is 10.0. The second-order valence-corrected chi connectivity index (χ2v) is 7.31. The van der Waals surface area contributed by atoms with Crippen LogP contribution in [-0.4, -0.2) is 36.9 Å². The number of rotatable bonds is 7. The molecule has 2 aromatic heterocycles. The number of nitrogens with zero attached hydrogens (tertiary/aromatic N) is 6. The molecule has 10 heteroatoms. The summed E-state index contributed by atoms with van der Waals surface area (Å²) in [4.78, 5) is 12.9. The molecule has 0 aliphatic rings. The number of carbonyl (C=O) groups is 1. The van der Waals surface area contributed by atoms with E-state index >= 15 is 0 Å². The van der Waals surface area contributed by atoms with Crippen molar-refractivity contribution in [2.45, 2.75) is 26.7 Å². The van der Waals surface area contributed by atoms with Crippen molar-refractivity contribution in [3.63, 3.8) is 0 Å². The highest BCUT2D eigenvalue weighted by molar-refractivity contribution is 5.99. The van der Waals surface area contributed by atoms with Crippen LogP contribution in [0.3, 0.4) is 0 Å². The molecule has 0 aliphatic heterocycles. The Labute approximate surface area is 184 Å². The van der Waals surface area contributed by atoms with E-state index in [-0.39, 0.29) is 17.3 Å². The molecular formula is C22H22N8O2. The summed E-state index contributed by atoms with van der Waals surface area (Å²) in [7, 11) is 0. The minimum absolute atomic E-state index is 0.0324. The van der Waals surface area contributed by atoms with Crippen molar-refractivity contribution < 1.29 is 9.42 Å². The topological polar surface area (TPSA) is 137 Å². The second-order valence-electron chi connectivity index (χ2n) is 7.31. The molecule has 0 radical (unpaired) electrons. The number of hydrogen-bond acceptors (Lipinski definition) is 8. The molecule has 2 heterocycles. The van der Waals surface area contributed by atoms with Gasteiger partial charge in [0, 0.05) is 11.3 Å². The van der Waals surface area contributed by atoms with E-state index in [0.717, 1.165) is 17.7 Å². The molecule has 162 valence electrons. The zero-order chi connectivity index (χ0) is 22.5. The van der Waals surface area contributed by atoms with E-state index in [1.165, 1.54) is 10.2 Å². The smallest absolute Gasteiger partial charge is 0.294 e. The van der Waals surface area contributed by atoms with Crippen molar-refractivity contribution in [1.29, 1.82) is 0 Å². The molecular weight excluding hydrogens is 408 g/mol. The zero-order valence-corrected chi connectivity index (χ0v) is 17.7. The van der Waals surface area contributed by atoms with E-state index in [1.807, 2.05) is 56.3 Å². The van der Waals surface area contributed by atoms with Crippen LogP contribution < -0.4 is 11.2 Å². The number of hydrazone groups is 1. The van der Waals surface area contributed by atoms with Crippen LogP contribution in [0.4, 0.5) is 5.82 Å². The molecule has 2 aromatic carbocycles. The van der Waals surface area contributed by atoms with Gasteiger partial charge in [0.15, 0.2) is 5.69 Å². The van der Waals surface area contributed by atoms with Gasteiger partial charge in [-0.05, 0) is 42.6 Å². The Kier molecular flexibility index (Phi) is 6.02. The van der Waals surface area contributed by atoms with Crippen LogP contribution in [0.1, 0.15) is 35.0 Å². The van der Waals surface area contributed by atoms with Gasteiger partial charge in [-0.1, -0.05) is 65.4 Å². The summed E-state index contributed by atoms with van der Waals surface area (Å²) >= 11 is 0. The van der Waals surface area contributed by atoms with Gasteiger partial charge in [-0.25, -0.2) is 10.1 Å². The average Bonchev–Trinajstić information content (AvgIpc) is 3.43. The molecule has 4 aromatic rings. The first-order chi connectivity index (χ1) is 15.5. The van der Waals surface area contributed by atoms with Crippen LogP contribution in [0, 0.1) is 6.92 Å². The summed E-state index contributed by atoms with van der Waals surface area (Å²) in [5.74, 6) is -0.319. The standard InChI is InChI=1S/C22H22N8O2/c1-14-8-12-17(13-9-14)19-18(25-29-30(19)21-20(23)27-32-28-21)22(31)26-24-15(2)10-11-16-6-4-3-5-7-16/h3-9,12-13H,10-11H2,1-2H3,(H2,23,27)(H,26,31)/b24-15+. The summed E-state index contributed by atoms with van der Waals surface area (Å²) in [6.45, 7) is 3.84. The van der Waals surface area contributed by atoms with Gasteiger partial charge < -0.3 is 5.73 Å². The first kappa shape index (κ1) is 20.9. The molecule has 0 saturated carbocycles. The minimum atomic E-state index is -0.499. The number of carbonyl (C=O) groups excluding carboxylic acids is 1. The van der Waals surface area contributed by atoms with Gasteiger partial charge in [-0.2, -0.15) is 9.78 Å². The summed E-state index contributed by atoms with van der Waals surface area (Å²) in [6.07, 6.45) is 1.54. The average molecular weight is 430 g/mol. The predicted octanol–water partition coefficient (Wildman–Crippen LogP) is 2.95. The fourth-order valence-corrected chi connectivity index (χ4v) is 3.12. The van der Waals surface area contributed by atoms with E-state index in [4.69, 9.17) is 5.73 Å². The van der Waals surface area contributed by atoms with E-state index in [2.05, 4.69) is 47.9 Å². The van der Waals surface area contributed by atoms with Crippen molar-refractivity contribution in [3.8, 4) is 17.1 Å². The highest BCUT2D eigenvalue weighted by atomic mass is 16.6. The fourth-order valence-electron chi connectivity index (χ4n) is 3.12. The molecule has 0 bridgehead atoms. The Morgan fingerprint density at radius 1 is 1.12 bits per heavy atom. The third kappa shape index (κ3) is 4.53. The van der Waals surface area contributed by atoms with E-state index in [0.29, 0.717) is 17.7 Å². The van der Waals surface area contributed by atoms with Crippen molar-refractivity contribution in [2.24, 2.45) is 5.10 Å². The lowest BCUT2D eigenvalue weighted by Crippen LogP contribution is -2.20. The first-order valence-corrected chi connectivity index (χ1v) is 10.0. The molecule has 0 aliphatic carbocycles. The van der Waals surface area contributed by atoms with Gasteiger partial charge in [-0.15, -0.1) is 5.10 Å². The SMILES string of the molecule is C/C(CCc1ccccc1)=N\NC(=O)c1nnn(-c2nonc2N)c1-c1ccc(C)cc1. The zero-order valence-electron chi connectivity index (χ0n) is 17.7. The maximum atomic E-state index is 12.9. The van der Waals surface area contributed by atoms with E-state index < -0.39 is 5.91 Å². The van der Waals surface area contributed by atoms with E-state index in [9.17, 15) is 4.79 Å².